The summed E-state index contributed by atoms with van der Waals surface area (Å²) in [7, 11) is 0. The summed E-state index contributed by atoms with van der Waals surface area (Å²) >= 11 is 0. The Kier molecular flexibility index (Phi) is 2.05. The molecule has 0 N–H and O–H groups in total. The number of Topliss-reactive ketones (excluding diaryl/α,β-unsaturated/α-hetero) is 1. The number of fused-ring (bicyclic) bond motifs is 1. The molecule has 0 aromatic rings. The molecule has 0 bridgehead atoms. The third kappa shape index (κ3) is 1.34. The fraction of sp³-hybridized carbons (Fsp3) is 0.750. The van der Waals surface area contributed by atoms with Crippen molar-refractivity contribution in [3.05, 3.63) is 11.6 Å². The van der Waals surface area contributed by atoms with Crippen molar-refractivity contribution in [3.63, 3.8) is 0 Å². The first-order valence-electron chi connectivity index (χ1n) is 5.34. The lowest BCUT2D eigenvalue weighted by atomic mass is 9.61. The molecule has 1 saturated carbocycles. The first-order valence-corrected chi connectivity index (χ1v) is 5.34. The molecule has 2 rings (SSSR count). The van der Waals surface area contributed by atoms with Gasteiger partial charge in [0.15, 0.2) is 0 Å². The number of rotatable bonds is 0. The van der Waals surface area contributed by atoms with Gasteiger partial charge in [-0.05, 0) is 30.6 Å². The highest BCUT2D eigenvalue weighted by Gasteiger charge is 2.40. The van der Waals surface area contributed by atoms with Crippen LogP contribution in [0.5, 0.6) is 0 Å². The van der Waals surface area contributed by atoms with Crippen molar-refractivity contribution < 1.29 is 4.79 Å². The van der Waals surface area contributed by atoms with Crippen molar-refractivity contribution >= 4 is 5.78 Å². The molecular formula is C12H18O. The quantitative estimate of drug-likeness (QED) is 0.521. The van der Waals surface area contributed by atoms with E-state index in [2.05, 4.69) is 19.9 Å². The second kappa shape index (κ2) is 2.97. The fourth-order valence-corrected chi connectivity index (χ4v) is 2.82. The lowest BCUT2D eigenvalue weighted by Gasteiger charge is -2.43. The lowest BCUT2D eigenvalue weighted by molar-refractivity contribution is -0.122. The number of allylic oxidation sites excluding steroid dienone is 2. The van der Waals surface area contributed by atoms with Crippen LogP contribution in [0.1, 0.15) is 46.0 Å². The Bertz CT molecular complexity index is 264. The SMILES string of the molecule is C[C@H]1CCC=C2CCC(=O)C[C@@]21C. The fourth-order valence-electron chi connectivity index (χ4n) is 2.82. The van der Waals surface area contributed by atoms with E-state index in [1.54, 1.807) is 5.57 Å². The Balaban J connectivity index is 2.32. The van der Waals surface area contributed by atoms with Gasteiger partial charge in [0, 0.05) is 12.8 Å². The van der Waals surface area contributed by atoms with Crippen molar-refractivity contribution in [2.45, 2.75) is 46.0 Å². The van der Waals surface area contributed by atoms with E-state index in [-0.39, 0.29) is 5.41 Å². The Labute approximate surface area is 80.2 Å². The molecule has 1 fully saturated rings. The third-order valence-corrected chi connectivity index (χ3v) is 4.05. The van der Waals surface area contributed by atoms with Gasteiger partial charge in [0.25, 0.3) is 0 Å². The molecule has 0 aromatic heterocycles. The van der Waals surface area contributed by atoms with E-state index in [0.29, 0.717) is 11.7 Å². The monoisotopic (exact) mass is 178 g/mol. The maximum Gasteiger partial charge on any atom is 0.134 e. The van der Waals surface area contributed by atoms with Gasteiger partial charge in [-0.15, -0.1) is 0 Å². The van der Waals surface area contributed by atoms with Gasteiger partial charge in [-0.3, -0.25) is 4.79 Å². The van der Waals surface area contributed by atoms with Crippen LogP contribution in [0, 0.1) is 11.3 Å². The molecule has 1 nitrogen and oxygen atoms in total. The van der Waals surface area contributed by atoms with Gasteiger partial charge in [0.1, 0.15) is 5.78 Å². The summed E-state index contributed by atoms with van der Waals surface area (Å²) < 4.78 is 0. The zero-order chi connectivity index (χ0) is 9.47. The van der Waals surface area contributed by atoms with E-state index in [4.69, 9.17) is 0 Å². The average Bonchev–Trinajstić information content (AvgIpc) is 2.07. The van der Waals surface area contributed by atoms with E-state index in [9.17, 15) is 4.79 Å². The maximum absolute atomic E-state index is 11.4. The second-order valence-corrected chi connectivity index (χ2v) is 4.84. The van der Waals surface area contributed by atoms with Gasteiger partial charge in [0.2, 0.25) is 0 Å². The topological polar surface area (TPSA) is 17.1 Å². The summed E-state index contributed by atoms with van der Waals surface area (Å²) in [5.41, 5.74) is 1.78. The predicted octanol–water partition coefficient (Wildman–Crippen LogP) is 3.10. The van der Waals surface area contributed by atoms with Crippen LogP contribution in [0.25, 0.3) is 0 Å². The highest BCUT2D eigenvalue weighted by Crippen LogP contribution is 2.49. The van der Waals surface area contributed by atoms with Crippen molar-refractivity contribution in [3.8, 4) is 0 Å². The zero-order valence-electron chi connectivity index (χ0n) is 8.60. The molecule has 1 heteroatoms. The van der Waals surface area contributed by atoms with Crippen LogP contribution in [0.15, 0.2) is 11.6 Å². The van der Waals surface area contributed by atoms with Crippen molar-refractivity contribution in [1.82, 2.24) is 0 Å². The zero-order valence-corrected chi connectivity index (χ0v) is 8.60. The normalized spacial score (nSPS) is 39.7. The lowest BCUT2D eigenvalue weighted by Crippen LogP contribution is -2.36. The molecule has 2 atom stereocenters. The summed E-state index contributed by atoms with van der Waals surface area (Å²) in [6, 6.07) is 0. The van der Waals surface area contributed by atoms with Crippen molar-refractivity contribution in [1.29, 1.82) is 0 Å². The highest BCUT2D eigenvalue weighted by molar-refractivity contribution is 5.81. The predicted molar refractivity (Wildman–Crippen MR) is 53.4 cm³/mol. The number of carbonyl (C=O) groups is 1. The van der Waals surface area contributed by atoms with Crippen molar-refractivity contribution in [2.24, 2.45) is 11.3 Å². The Morgan fingerprint density at radius 3 is 3.00 bits per heavy atom. The van der Waals surface area contributed by atoms with Crippen LogP contribution in [-0.2, 0) is 4.79 Å². The van der Waals surface area contributed by atoms with Crippen LogP contribution >= 0.6 is 0 Å². The molecule has 0 aliphatic heterocycles. The van der Waals surface area contributed by atoms with Crippen LogP contribution < -0.4 is 0 Å². The molecule has 2 aliphatic carbocycles. The minimum Gasteiger partial charge on any atom is -0.300 e. The Hall–Kier alpha value is -0.590. The van der Waals surface area contributed by atoms with Gasteiger partial charge < -0.3 is 0 Å². The van der Waals surface area contributed by atoms with E-state index in [0.717, 1.165) is 19.3 Å². The number of hydrogen-bond donors (Lipinski definition) is 0. The molecule has 0 saturated heterocycles. The van der Waals surface area contributed by atoms with E-state index in [1.165, 1.54) is 12.8 Å². The van der Waals surface area contributed by atoms with E-state index in [1.807, 2.05) is 0 Å². The molecule has 0 aromatic carbocycles. The Morgan fingerprint density at radius 2 is 2.23 bits per heavy atom. The van der Waals surface area contributed by atoms with Gasteiger partial charge in [-0.25, -0.2) is 0 Å². The first-order chi connectivity index (χ1) is 6.13. The minimum atomic E-state index is 0.216. The average molecular weight is 178 g/mol. The summed E-state index contributed by atoms with van der Waals surface area (Å²) in [6.07, 6.45) is 7.47. The molecule has 2 aliphatic rings. The first kappa shape index (κ1) is 8.98. The molecule has 0 amide bonds. The number of ketones is 1. The minimum absolute atomic E-state index is 0.216. The highest BCUT2D eigenvalue weighted by atomic mass is 16.1. The van der Waals surface area contributed by atoms with Crippen molar-refractivity contribution in [2.75, 3.05) is 0 Å². The largest absolute Gasteiger partial charge is 0.300 e. The molecular weight excluding hydrogens is 160 g/mol. The van der Waals surface area contributed by atoms with Gasteiger partial charge in [-0.1, -0.05) is 25.5 Å². The number of carbonyl (C=O) groups excluding carboxylic acids is 1. The summed E-state index contributed by atoms with van der Waals surface area (Å²) in [4.78, 5) is 11.4. The molecule has 0 radical (unpaired) electrons. The number of hydrogen-bond acceptors (Lipinski definition) is 1. The molecule has 0 spiro atoms. The molecule has 0 heterocycles. The third-order valence-electron chi connectivity index (χ3n) is 4.05. The van der Waals surface area contributed by atoms with E-state index < -0.39 is 0 Å². The maximum atomic E-state index is 11.4. The second-order valence-electron chi connectivity index (χ2n) is 4.84. The van der Waals surface area contributed by atoms with Gasteiger partial charge in [0.05, 0.1) is 0 Å². The van der Waals surface area contributed by atoms with Crippen LogP contribution in [-0.4, -0.2) is 5.78 Å². The summed E-state index contributed by atoms with van der Waals surface area (Å²) in [6.45, 7) is 4.57. The Morgan fingerprint density at radius 1 is 1.46 bits per heavy atom. The summed E-state index contributed by atoms with van der Waals surface area (Å²) in [5, 5.41) is 0. The smallest absolute Gasteiger partial charge is 0.134 e. The van der Waals surface area contributed by atoms with Gasteiger partial charge in [-0.2, -0.15) is 0 Å². The van der Waals surface area contributed by atoms with Gasteiger partial charge >= 0.3 is 0 Å². The van der Waals surface area contributed by atoms with Crippen LogP contribution in [0.4, 0.5) is 0 Å². The molecule has 72 valence electrons. The van der Waals surface area contributed by atoms with Crippen LogP contribution in [0.2, 0.25) is 0 Å². The van der Waals surface area contributed by atoms with E-state index >= 15 is 0 Å². The summed E-state index contributed by atoms with van der Waals surface area (Å²) in [5.74, 6) is 1.16. The van der Waals surface area contributed by atoms with Crippen LogP contribution in [0.3, 0.4) is 0 Å². The molecule has 0 unspecified atom stereocenters. The molecule has 13 heavy (non-hydrogen) atoms. The standard InChI is InChI=1S/C12H18O/c1-9-4-3-5-10-6-7-11(13)8-12(9,10)2/h5,9H,3-4,6-8H2,1-2H3/t9-,12+/m0/s1.